The summed E-state index contributed by atoms with van der Waals surface area (Å²) in [5, 5.41) is 0.616. The Morgan fingerprint density at radius 1 is 1.03 bits per heavy atom. The third-order valence-corrected chi connectivity index (χ3v) is 5.70. The van der Waals surface area contributed by atoms with Gasteiger partial charge in [-0.1, -0.05) is 29.8 Å². The fourth-order valence-corrected chi connectivity index (χ4v) is 3.77. The molecule has 2 aromatic heterocycles. The average molecular weight is 493 g/mol. The number of fused-ring (bicyclic) bond motifs is 1. The first-order valence-electron chi connectivity index (χ1n) is 10.3. The van der Waals surface area contributed by atoms with Crippen molar-refractivity contribution >= 4 is 22.8 Å². The number of alkyl halides is 3. The van der Waals surface area contributed by atoms with Crippen LogP contribution < -0.4 is 16.0 Å². The van der Waals surface area contributed by atoms with Crippen molar-refractivity contribution in [1.82, 2.24) is 18.7 Å². The normalized spacial score (nSPS) is 11.8. The Balaban J connectivity index is 1.75. The molecule has 0 unspecified atom stereocenters. The summed E-state index contributed by atoms with van der Waals surface area (Å²) in [5.41, 5.74) is -0.789. The minimum atomic E-state index is -4.54. The smallest absolute Gasteiger partial charge is 0.416 e. The van der Waals surface area contributed by atoms with Gasteiger partial charge in [-0.25, -0.2) is 4.79 Å². The lowest BCUT2D eigenvalue weighted by Gasteiger charge is -2.12. The second-order valence-electron chi connectivity index (χ2n) is 7.78. The van der Waals surface area contributed by atoms with Crippen LogP contribution in [0.15, 0.2) is 58.1 Å². The van der Waals surface area contributed by atoms with E-state index >= 15 is 0 Å². The first-order chi connectivity index (χ1) is 16.1. The molecule has 178 valence electrons. The number of aromatic nitrogens is 4. The molecule has 2 aromatic carbocycles. The molecule has 0 saturated heterocycles. The SMILES string of the molecule is Cn1c(=O)c2c(nc(Oc3cccc(C(F)(F)F)c3)n2CCCc2ccc(Cl)cc2)n(C)c1=O. The summed E-state index contributed by atoms with van der Waals surface area (Å²) in [7, 11) is 2.81. The predicted molar refractivity (Wildman–Crippen MR) is 122 cm³/mol. The maximum Gasteiger partial charge on any atom is 0.416 e. The summed E-state index contributed by atoms with van der Waals surface area (Å²) in [6, 6.07) is 11.6. The molecule has 0 atom stereocenters. The highest BCUT2D eigenvalue weighted by molar-refractivity contribution is 6.30. The van der Waals surface area contributed by atoms with E-state index in [0.29, 0.717) is 17.9 Å². The highest BCUT2D eigenvalue weighted by Gasteiger charge is 2.31. The Morgan fingerprint density at radius 3 is 2.41 bits per heavy atom. The van der Waals surface area contributed by atoms with Gasteiger partial charge >= 0.3 is 17.9 Å². The van der Waals surface area contributed by atoms with Crippen LogP contribution in [-0.2, 0) is 33.2 Å². The van der Waals surface area contributed by atoms with Crippen LogP contribution in [0.1, 0.15) is 17.5 Å². The average Bonchev–Trinajstić information content (AvgIpc) is 3.15. The molecule has 34 heavy (non-hydrogen) atoms. The predicted octanol–water partition coefficient (Wildman–Crippen LogP) is 4.53. The molecule has 0 radical (unpaired) electrons. The number of hydrogen-bond donors (Lipinski definition) is 0. The number of nitrogens with zero attached hydrogens (tertiary/aromatic N) is 4. The zero-order chi connectivity index (χ0) is 24.6. The zero-order valence-electron chi connectivity index (χ0n) is 18.3. The van der Waals surface area contributed by atoms with Crippen LogP contribution in [0, 0.1) is 0 Å². The lowest BCUT2D eigenvalue weighted by molar-refractivity contribution is -0.137. The molecule has 2 heterocycles. The summed E-state index contributed by atoms with van der Waals surface area (Å²) >= 11 is 5.92. The fourth-order valence-electron chi connectivity index (χ4n) is 3.65. The van der Waals surface area contributed by atoms with Crippen molar-refractivity contribution in [1.29, 1.82) is 0 Å². The van der Waals surface area contributed by atoms with Gasteiger partial charge in [-0.3, -0.25) is 18.5 Å². The lowest BCUT2D eigenvalue weighted by Crippen LogP contribution is -2.37. The first-order valence-corrected chi connectivity index (χ1v) is 10.7. The molecule has 0 N–H and O–H groups in total. The van der Waals surface area contributed by atoms with Gasteiger partial charge in [0.15, 0.2) is 11.2 Å². The molecule has 0 bridgehead atoms. The monoisotopic (exact) mass is 492 g/mol. The van der Waals surface area contributed by atoms with Gasteiger partial charge in [0, 0.05) is 25.7 Å². The molecule has 0 aliphatic heterocycles. The highest BCUT2D eigenvalue weighted by Crippen LogP contribution is 2.33. The van der Waals surface area contributed by atoms with Crippen LogP contribution >= 0.6 is 11.6 Å². The molecule has 11 heteroatoms. The van der Waals surface area contributed by atoms with Crippen LogP contribution in [-0.4, -0.2) is 18.7 Å². The fraction of sp³-hybridized carbons (Fsp3) is 0.261. The standard InChI is InChI=1S/C23H20ClF3N4O3/c1-29-19-18(20(32)30(2)22(29)33)31(12-4-5-14-8-10-16(24)11-9-14)21(28-19)34-17-7-3-6-15(13-17)23(25,26)27/h3,6-11,13H,4-5,12H2,1-2H3. The van der Waals surface area contributed by atoms with E-state index in [2.05, 4.69) is 4.98 Å². The number of benzene rings is 2. The summed E-state index contributed by atoms with van der Waals surface area (Å²) in [6.07, 6.45) is -3.33. The number of halogens is 4. The van der Waals surface area contributed by atoms with E-state index in [0.717, 1.165) is 22.3 Å². The van der Waals surface area contributed by atoms with Crippen molar-refractivity contribution in [2.45, 2.75) is 25.6 Å². The summed E-state index contributed by atoms with van der Waals surface area (Å²) in [4.78, 5) is 29.6. The Bertz CT molecular complexity index is 1470. The van der Waals surface area contributed by atoms with Gasteiger partial charge < -0.3 is 4.74 Å². The minimum Gasteiger partial charge on any atom is -0.425 e. The summed E-state index contributed by atoms with van der Waals surface area (Å²) in [5.74, 6) is -0.0918. The van der Waals surface area contributed by atoms with E-state index in [-0.39, 0.29) is 29.5 Å². The molecule has 0 aliphatic carbocycles. The summed E-state index contributed by atoms with van der Waals surface area (Å²) < 4.78 is 48.8. The van der Waals surface area contributed by atoms with Crippen LogP contribution in [0.4, 0.5) is 13.2 Å². The van der Waals surface area contributed by atoms with E-state index in [1.807, 2.05) is 12.1 Å². The Hall–Kier alpha value is -3.53. The van der Waals surface area contributed by atoms with Crippen LogP contribution in [0.2, 0.25) is 5.02 Å². The zero-order valence-corrected chi connectivity index (χ0v) is 19.0. The summed E-state index contributed by atoms with van der Waals surface area (Å²) in [6.45, 7) is 0.279. The number of imidazole rings is 1. The van der Waals surface area contributed by atoms with Crippen molar-refractivity contribution in [3.63, 3.8) is 0 Å². The second kappa shape index (κ2) is 9.02. The van der Waals surface area contributed by atoms with Gasteiger partial charge in [0.05, 0.1) is 5.56 Å². The maximum absolute atomic E-state index is 13.1. The van der Waals surface area contributed by atoms with E-state index in [1.165, 1.54) is 35.4 Å². The van der Waals surface area contributed by atoms with Crippen molar-refractivity contribution in [3.05, 3.63) is 85.5 Å². The van der Waals surface area contributed by atoms with Gasteiger partial charge in [-0.05, 0) is 48.7 Å². The largest absolute Gasteiger partial charge is 0.425 e. The van der Waals surface area contributed by atoms with Gasteiger partial charge in [0.2, 0.25) is 0 Å². The number of aryl methyl sites for hydroxylation is 3. The van der Waals surface area contributed by atoms with Crippen LogP contribution in [0.3, 0.4) is 0 Å². The number of ether oxygens (including phenoxy) is 1. The van der Waals surface area contributed by atoms with Gasteiger partial charge in [0.25, 0.3) is 5.56 Å². The van der Waals surface area contributed by atoms with Crippen molar-refractivity contribution < 1.29 is 17.9 Å². The second-order valence-corrected chi connectivity index (χ2v) is 8.22. The Kier molecular flexibility index (Phi) is 6.26. The molecule has 0 spiro atoms. The third-order valence-electron chi connectivity index (χ3n) is 5.44. The molecule has 0 amide bonds. The molecule has 0 fully saturated rings. The van der Waals surface area contributed by atoms with Crippen molar-refractivity contribution in [3.8, 4) is 11.8 Å². The van der Waals surface area contributed by atoms with E-state index in [9.17, 15) is 22.8 Å². The molecule has 0 aliphatic rings. The van der Waals surface area contributed by atoms with Crippen molar-refractivity contribution in [2.24, 2.45) is 14.1 Å². The van der Waals surface area contributed by atoms with Gasteiger partial charge in [-0.15, -0.1) is 0 Å². The molecule has 7 nitrogen and oxygen atoms in total. The van der Waals surface area contributed by atoms with Crippen LogP contribution in [0.5, 0.6) is 11.8 Å². The lowest BCUT2D eigenvalue weighted by atomic mass is 10.1. The van der Waals surface area contributed by atoms with Crippen molar-refractivity contribution in [2.75, 3.05) is 0 Å². The van der Waals surface area contributed by atoms with Gasteiger partial charge in [0.1, 0.15) is 5.75 Å². The molecule has 4 aromatic rings. The Labute approximate surface area is 196 Å². The molecule has 0 saturated carbocycles. The highest BCUT2D eigenvalue weighted by atomic mass is 35.5. The molecular weight excluding hydrogens is 473 g/mol. The maximum atomic E-state index is 13.1. The number of rotatable bonds is 6. The molecular formula is C23H20ClF3N4O3. The molecule has 4 rings (SSSR count). The van der Waals surface area contributed by atoms with E-state index < -0.39 is 23.0 Å². The Morgan fingerprint density at radius 2 is 1.74 bits per heavy atom. The third kappa shape index (κ3) is 4.58. The van der Waals surface area contributed by atoms with E-state index in [1.54, 1.807) is 12.1 Å². The van der Waals surface area contributed by atoms with E-state index in [4.69, 9.17) is 16.3 Å². The first kappa shape index (κ1) is 23.6. The van der Waals surface area contributed by atoms with Crippen LogP contribution in [0.25, 0.3) is 11.2 Å². The minimum absolute atomic E-state index is 0.0799. The number of hydrogen-bond acceptors (Lipinski definition) is 4. The van der Waals surface area contributed by atoms with Gasteiger partial charge in [-0.2, -0.15) is 18.2 Å². The topological polar surface area (TPSA) is 71.1 Å². The quantitative estimate of drug-likeness (QED) is 0.396.